The third-order valence-electron chi connectivity index (χ3n) is 3.46. The molecule has 0 bridgehead atoms. The molecule has 0 fully saturated rings. The van der Waals surface area contributed by atoms with Crippen LogP contribution in [0.25, 0.3) is 0 Å². The quantitative estimate of drug-likeness (QED) is 0.312. The van der Waals surface area contributed by atoms with Crippen molar-refractivity contribution in [2.45, 2.75) is 34.5 Å². The third kappa shape index (κ3) is 5.50. The van der Waals surface area contributed by atoms with E-state index in [1.807, 2.05) is 0 Å². The smallest absolute Gasteiger partial charge is 0.166 e. The number of hydrogen-bond acceptors (Lipinski definition) is 2. The van der Waals surface area contributed by atoms with E-state index in [0.29, 0.717) is 12.1 Å². The van der Waals surface area contributed by atoms with Crippen molar-refractivity contribution in [2.24, 2.45) is 0 Å². The van der Waals surface area contributed by atoms with E-state index in [9.17, 15) is 52.7 Å². The maximum Gasteiger partial charge on any atom is 0.417 e. The number of rotatable bonds is 3. The van der Waals surface area contributed by atoms with Gasteiger partial charge in [-0.15, -0.1) is 0 Å². The van der Waals surface area contributed by atoms with Crippen LogP contribution in [0.15, 0.2) is 46.2 Å². The summed E-state index contributed by atoms with van der Waals surface area (Å²) in [6.45, 7) is 0. The fourth-order valence-electron chi connectivity index (χ4n) is 2.23. The van der Waals surface area contributed by atoms with Gasteiger partial charge in [0.15, 0.2) is 0 Å². The van der Waals surface area contributed by atoms with E-state index in [4.69, 9.17) is 0 Å². The Morgan fingerprint density at radius 1 is 0.400 bits per heavy atom. The first-order chi connectivity index (χ1) is 13.4. The summed E-state index contributed by atoms with van der Waals surface area (Å²) in [7, 11) is -0.965. The zero-order valence-corrected chi connectivity index (χ0v) is 15.4. The average Bonchev–Trinajstić information content (AvgIpc) is 2.56. The second-order valence-electron chi connectivity index (χ2n) is 5.52. The molecule has 0 aliphatic rings. The zero-order valence-electron chi connectivity index (χ0n) is 13.8. The molecule has 0 heterocycles. The summed E-state index contributed by atoms with van der Waals surface area (Å²) in [5, 5.41) is 0. The number of halogens is 12. The molecular formula is C16H6F12S2. The van der Waals surface area contributed by atoms with Crippen molar-refractivity contribution >= 4 is 21.6 Å². The first-order valence-corrected chi connectivity index (χ1v) is 9.48. The maximum atomic E-state index is 13.1. The first-order valence-electron chi connectivity index (χ1n) is 7.33. The number of alkyl halides is 12. The Hall–Kier alpha value is -1.70. The minimum atomic E-state index is -5.33. The summed E-state index contributed by atoms with van der Waals surface area (Å²) in [6, 6.07) is 1.87. The minimum Gasteiger partial charge on any atom is -0.166 e. The van der Waals surface area contributed by atoms with Gasteiger partial charge in [0.25, 0.3) is 0 Å². The van der Waals surface area contributed by atoms with E-state index in [0.717, 1.165) is 0 Å². The maximum absolute atomic E-state index is 13.1. The highest BCUT2D eigenvalue weighted by Gasteiger charge is 2.43. The summed E-state index contributed by atoms with van der Waals surface area (Å²) in [5.41, 5.74) is -7.36. The topological polar surface area (TPSA) is 0 Å². The summed E-state index contributed by atoms with van der Waals surface area (Å²) >= 11 is 0. The van der Waals surface area contributed by atoms with Crippen LogP contribution < -0.4 is 0 Å². The predicted molar refractivity (Wildman–Crippen MR) is 84.6 cm³/mol. The van der Waals surface area contributed by atoms with Crippen LogP contribution in [0.5, 0.6) is 0 Å². The molecular weight excluding hydrogens is 484 g/mol. The van der Waals surface area contributed by atoms with E-state index >= 15 is 0 Å². The molecule has 0 atom stereocenters. The molecule has 166 valence electrons. The average molecular weight is 490 g/mol. The highest BCUT2D eigenvalue weighted by atomic mass is 33.1. The molecule has 0 amide bonds. The van der Waals surface area contributed by atoms with Gasteiger partial charge in [-0.2, -0.15) is 52.7 Å². The molecule has 0 radical (unpaired) electrons. The standard InChI is InChI=1S/C16H6F12S2/c17-13(18,19)7-3-1-4-8(14(20,21)22)11(7)29-30-12-9(15(23,24)25)5-2-6-10(12)16(26,27)28/h1-6H. The van der Waals surface area contributed by atoms with Crippen molar-refractivity contribution in [3.8, 4) is 0 Å². The second-order valence-corrected chi connectivity index (χ2v) is 7.67. The van der Waals surface area contributed by atoms with Gasteiger partial charge in [0, 0.05) is 9.79 Å². The van der Waals surface area contributed by atoms with Crippen molar-refractivity contribution in [1.29, 1.82) is 0 Å². The SMILES string of the molecule is FC(F)(F)c1cccc(C(F)(F)F)c1SSc1c(C(F)(F)F)cccc1C(F)(F)F. The van der Waals surface area contributed by atoms with Crippen LogP contribution in [0, 0.1) is 0 Å². The molecule has 0 unspecified atom stereocenters. The van der Waals surface area contributed by atoms with Crippen molar-refractivity contribution in [2.75, 3.05) is 0 Å². The molecule has 0 aromatic heterocycles. The summed E-state index contributed by atoms with van der Waals surface area (Å²) in [4.78, 5) is -3.10. The molecule has 2 rings (SSSR count). The van der Waals surface area contributed by atoms with Gasteiger partial charge in [-0.3, -0.25) is 0 Å². The summed E-state index contributed by atoms with van der Waals surface area (Å²) in [6.07, 6.45) is -21.3. The zero-order chi connectivity index (χ0) is 23.1. The van der Waals surface area contributed by atoms with E-state index in [2.05, 4.69) is 0 Å². The van der Waals surface area contributed by atoms with Gasteiger partial charge in [-0.25, -0.2) is 0 Å². The van der Waals surface area contributed by atoms with E-state index < -0.39 is 78.3 Å². The molecule has 0 saturated heterocycles. The van der Waals surface area contributed by atoms with Crippen molar-refractivity contribution in [3.63, 3.8) is 0 Å². The lowest BCUT2D eigenvalue weighted by molar-refractivity contribution is -0.149. The van der Waals surface area contributed by atoms with Gasteiger partial charge in [0.05, 0.1) is 22.3 Å². The van der Waals surface area contributed by atoms with Crippen LogP contribution in [0.3, 0.4) is 0 Å². The second kappa shape index (κ2) is 8.09. The molecule has 0 aliphatic carbocycles. The fraction of sp³-hybridized carbons (Fsp3) is 0.250. The molecule has 0 N–H and O–H groups in total. The Bertz CT molecular complexity index is 766. The molecule has 0 aliphatic heterocycles. The Kier molecular flexibility index (Phi) is 6.63. The molecule has 14 heteroatoms. The largest absolute Gasteiger partial charge is 0.417 e. The van der Waals surface area contributed by atoms with Gasteiger partial charge < -0.3 is 0 Å². The lowest BCUT2D eigenvalue weighted by atomic mass is 10.1. The van der Waals surface area contributed by atoms with Crippen LogP contribution in [-0.2, 0) is 24.7 Å². The normalized spacial score (nSPS) is 13.6. The van der Waals surface area contributed by atoms with Gasteiger partial charge in [0.1, 0.15) is 0 Å². The van der Waals surface area contributed by atoms with Crippen LogP contribution in [0.4, 0.5) is 52.7 Å². The highest BCUT2D eigenvalue weighted by molar-refractivity contribution is 8.76. The van der Waals surface area contributed by atoms with Crippen molar-refractivity contribution in [3.05, 3.63) is 58.7 Å². The fourth-order valence-corrected chi connectivity index (χ4v) is 5.07. The predicted octanol–water partition coefficient (Wildman–Crippen LogP) is 8.56. The van der Waals surface area contributed by atoms with E-state index in [-0.39, 0.29) is 24.3 Å². The van der Waals surface area contributed by atoms with Crippen LogP contribution in [-0.4, -0.2) is 0 Å². The van der Waals surface area contributed by atoms with Gasteiger partial charge in [-0.05, 0) is 24.3 Å². The van der Waals surface area contributed by atoms with Crippen molar-refractivity contribution in [1.82, 2.24) is 0 Å². The van der Waals surface area contributed by atoms with Gasteiger partial charge in [-0.1, -0.05) is 33.7 Å². The third-order valence-corrected chi connectivity index (χ3v) is 6.01. The van der Waals surface area contributed by atoms with Gasteiger partial charge >= 0.3 is 24.7 Å². The molecule has 2 aromatic carbocycles. The van der Waals surface area contributed by atoms with Crippen LogP contribution in [0.1, 0.15) is 22.3 Å². The van der Waals surface area contributed by atoms with Gasteiger partial charge in [0.2, 0.25) is 0 Å². The molecule has 30 heavy (non-hydrogen) atoms. The van der Waals surface area contributed by atoms with Crippen LogP contribution in [0.2, 0.25) is 0 Å². The lowest BCUT2D eigenvalue weighted by Crippen LogP contribution is -2.14. The monoisotopic (exact) mass is 490 g/mol. The lowest BCUT2D eigenvalue weighted by Gasteiger charge is -2.20. The van der Waals surface area contributed by atoms with Crippen molar-refractivity contribution < 1.29 is 52.7 Å². The Morgan fingerprint density at radius 2 is 0.600 bits per heavy atom. The Morgan fingerprint density at radius 3 is 0.767 bits per heavy atom. The molecule has 2 aromatic rings. The highest BCUT2D eigenvalue weighted by Crippen LogP contribution is 2.53. The molecule has 0 nitrogen and oxygen atoms in total. The number of hydrogen-bond donors (Lipinski definition) is 0. The minimum absolute atomic E-state index is 0.248. The molecule has 0 saturated carbocycles. The molecule has 0 spiro atoms. The van der Waals surface area contributed by atoms with E-state index in [1.54, 1.807) is 0 Å². The summed E-state index contributed by atoms with van der Waals surface area (Å²) in [5.74, 6) is 0. The first kappa shape index (κ1) is 24.6. The van der Waals surface area contributed by atoms with Crippen LogP contribution >= 0.6 is 21.6 Å². The van der Waals surface area contributed by atoms with E-state index in [1.165, 1.54) is 0 Å². The Balaban J connectivity index is 2.65. The Labute approximate surface area is 168 Å². The summed E-state index contributed by atoms with van der Waals surface area (Å²) < 4.78 is 158. The number of benzene rings is 2.